The van der Waals surface area contributed by atoms with Crippen molar-refractivity contribution in [1.29, 1.82) is 0 Å². The van der Waals surface area contributed by atoms with Crippen LogP contribution in [0.3, 0.4) is 0 Å². The molecule has 0 aliphatic heterocycles. The molecular formula is C12H25N3. The summed E-state index contributed by atoms with van der Waals surface area (Å²) in [6, 6.07) is 2.77. The fraction of sp³-hybridized carbons (Fsp3) is 0.917. The van der Waals surface area contributed by atoms with Gasteiger partial charge in [0.05, 0.1) is 12.6 Å². The van der Waals surface area contributed by atoms with Crippen LogP contribution in [0.15, 0.2) is 9.98 Å². The molecule has 88 valence electrons. The summed E-state index contributed by atoms with van der Waals surface area (Å²) in [5.41, 5.74) is 0. The van der Waals surface area contributed by atoms with E-state index in [-0.39, 0.29) is 0 Å². The van der Waals surface area contributed by atoms with E-state index in [1.54, 1.807) is 0 Å². The lowest BCUT2D eigenvalue weighted by Crippen LogP contribution is -2.13. The lowest BCUT2D eigenvalue weighted by atomic mass is 10.2. The van der Waals surface area contributed by atoms with Crippen molar-refractivity contribution in [3.63, 3.8) is 0 Å². The standard InChI is InChI=1S/C12H25N3/c1-4-5-6-7-9-13-12-14-10-8-11-15(2)3/h4-11H2,1-3H3. The number of hydrogen-bond acceptors (Lipinski definition) is 3. The van der Waals surface area contributed by atoms with Crippen LogP contribution in [0.2, 0.25) is 0 Å². The Hall–Kier alpha value is -0.660. The van der Waals surface area contributed by atoms with Gasteiger partial charge in [-0.2, -0.15) is 0 Å². The van der Waals surface area contributed by atoms with Gasteiger partial charge in [0.1, 0.15) is 0 Å². The van der Waals surface area contributed by atoms with Crippen molar-refractivity contribution in [3.05, 3.63) is 0 Å². The molecule has 15 heavy (non-hydrogen) atoms. The predicted molar refractivity (Wildman–Crippen MR) is 66.9 cm³/mol. The quantitative estimate of drug-likeness (QED) is 0.425. The van der Waals surface area contributed by atoms with Crippen LogP contribution in [0, 0.1) is 0 Å². The van der Waals surface area contributed by atoms with Gasteiger partial charge in [0.2, 0.25) is 0 Å². The van der Waals surface area contributed by atoms with E-state index >= 15 is 0 Å². The Morgan fingerprint density at radius 2 is 1.60 bits per heavy atom. The summed E-state index contributed by atoms with van der Waals surface area (Å²) in [4.78, 5) is 10.4. The fourth-order valence-corrected chi connectivity index (χ4v) is 1.23. The minimum atomic E-state index is 0.844. The number of nitrogens with zero attached hydrogens (tertiary/aromatic N) is 3. The first kappa shape index (κ1) is 14.3. The summed E-state index contributed by atoms with van der Waals surface area (Å²) < 4.78 is 0. The predicted octanol–water partition coefficient (Wildman–Crippen LogP) is 2.69. The maximum atomic E-state index is 4.13. The smallest absolute Gasteiger partial charge is 0.0892 e. The van der Waals surface area contributed by atoms with Gasteiger partial charge < -0.3 is 4.90 Å². The Bertz CT molecular complexity index is 181. The molecule has 0 bridgehead atoms. The summed E-state index contributed by atoms with van der Waals surface area (Å²) in [7, 11) is 4.15. The molecule has 3 nitrogen and oxygen atoms in total. The van der Waals surface area contributed by atoms with Gasteiger partial charge >= 0.3 is 0 Å². The highest BCUT2D eigenvalue weighted by molar-refractivity contribution is 5.40. The van der Waals surface area contributed by atoms with Gasteiger partial charge in [-0.1, -0.05) is 26.2 Å². The Morgan fingerprint density at radius 3 is 2.20 bits per heavy atom. The monoisotopic (exact) mass is 211 g/mol. The van der Waals surface area contributed by atoms with Crippen molar-refractivity contribution in [3.8, 4) is 0 Å². The van der Waals surface area contributed by atoms with E-state index < -0.39 is 0 Å². The molecule has 0 aromatic carbocycles. The molecule has 0 saturated heterocycles. The molecule has 0 unspecified atom stereocenters. The average Bonchev–Trinajstić information content (AvgIpc) is 2.20. The summed E-state index contributed by atoms with van der Waals surface area (Å²) in [5.74, 6) is 0. The zero-order valence-corrected chi connectivity index (χ0v) is 10.5. The van der Waals surface area contributed by atoms with Gasteiger partial charge in [0, 0.05) is 6.54 Å². The summed E-state index contributed by atoms with van der Waals surface area (Å²) in [5, 5.41) is 0. The third kappa shape index (κ3) is 13.3. The van der Waals surface area contributed by atoms with Gasteiger partial charge in [-0.3, -0.25) is 0 Å². The largest absolute Gasteiger partial charge is 0.309 e. The van der Waals surface area contributed by atoms with Crippen molar-refractivity contribution >= 4 is 6.01 Å². The molecule has 0 saturated carbocycles. The number of aliphatic imine (C=N–C) groups is 2. The van der Waals surface area contributed by atoms with E-state index in [2.05, 4.69) is 41.9 Å². The topological polar surface area (TPSA) is 28.0 Å². The Morgan fingerprint density at radius 1 is 0.933 bits per heavy atom. The molecule has 0 N–H and O–H groups in total. The second-order valence-electron chi connectivity index (χ2n) is 4.08. The second-order valence-corrected chi connectivity index (χ2v) is 4.08. The Kier molecular flexibility index (Phi) is 10.9. The molecule has 0 aliphatic rings. The first-order chi connectivity index (χ1) is 7.27. The molecule has 0 fully saturated rings. The first-order valence-corrected chi connectivity index (χ1v) is 6.00. The zero-order valence-electron chi connectivity index (χ0n) is 10.5. The molecule has 3 heteroatoms. The highest BCUT2D eigenvalue weighted by Gasteiger charge is 1.87. The van der Waals surface area contributed by atoms with Crippen LogP contribution in [-0.4, -0.2) is 44.6 Å². The molecule has 0 radical (unpaired) electrons. The van der Waals surface area contributed by atoms with Crippen molar-refractivity contribution in [1.82, 2.24) is 4.90 Å². The fourth-order valence-electron chi connectivity index (χ4n) is 1.23. The molecule has 0 aliphatic carbocycles. The van der Waals surface area contributed by atoms with Crippen LogP contribution < -0.4 is 0 Å². The number of hydrogen-bond donors (Lipinski definition) is 0. The van der Waals surface area contributed by atoms with E-state index in [9.17, 15) is 0 Å². The van der Waals surface area contributed by atoms with Crippen LogP contribution in [0.1, 0.15) is 39.0 Å². The van der Waals surface area contributed by atoms with Crippen molar-refractivity contribution in [2.45, 2.75) is 39.0 Å². The lowest BCUT2D eigenvalue weighted by Gasteiger charge is -2.05. The zero-order chi connectivity index (χ0) is 11.4. The van der Waals surface area contributed by atoms with Crippen LogP contribution in [0.4, 0.5) is 0 Å². The second kappa shape index (κ2) is 11.4. The molecule has 0 spiro atoms. The van der Waals surface area contributed by atoms with Gasteiger partial charge in [0.25, 0.3) is 0 Å². The van der Waals surface area contributed by atoms with Crippen LogP contribution in [-0.2, 0) is 0 Å². The summed E-state index contributed by atoms with van der Waals surface area (Å²) in [6.45, 7) is 5.03. The molecule has 0 aromatic rings. The maximum absolute atomic E-state index is 4.13. The molecule has 0 rings (SSSR count). The molecular weight excluding hydrogens is 186 g/mol. The number of rotatable bonds is 9. The van der Waals surface area contributed by atoms with E-state index in [0.717, 1.165) is 26.1 Å². The van der Waals surface area contributed by atoms with Crippen LogP contribution in [0.25, 0.3) is 0 Å². The van der Waals surface area contributed by atoms with Gasteiger partial charge in [-0.25, -0.2) is 9.98 Å². The highest BCUT2D eigenvalue weighted by Crippen LogP contribution is 1.97. The summed E-state index contributed by atoms with van der Waals surface area (Å²) >= 11 is 0. The van der Waals surface area contributed by atoms with Gasteiger partial charge in [-0.15, -0.1) is 0 Å². The van der Waals surface area contributed by atoms with E-state index in [1.807, 2.05) is 0 Å². The van der Waals surface area contributed by atoms with Crippen LogP contribution >= 0.6 is 0 Å². The third-order valence-electron chi connectivity index (χ3n) is 2.14. The molecule has 0 aromatic heterocycles. The molecule has 0 atom stereocenters. The van der Waals surface area contributed by atoms with Gasteiger partial charge in [-0.05, 0) is 33.5 Å². The van der Waals surface area contributed by atoms with Crippen molar-refractivity contribution in [2.24, 2.45) is 9.98 Å². The Labute approximate surface area is 94.3 Å². The van der Waals surface area contributed by atoms with Crippen LogP contribution in [0.5, 0.6) is 0 Å². The minimum Gasteiger partial charge on any atom is -0.309 e. The van der Waals surface area contributed by atoms with E-state index in [0.29, 0.717) is 0 Å². The molecule has 0 heterocycles. The maximum Gasteiger partial charge on any atom is 0.0892 e. The third-order valence-corrected chi connectivity index (χ3v) is 2.14. The number of unbranched alkanes of at least 4 members (excludes halogenated alkanes) is 3. The van der Waals surface area contributed by atoms with Gasteiger partial charge in [0.15, 0.2) is 0 Å². The lowest BCUT2D eigenvalue weighted by molar-refractivity contribution is 0.403. The summed E-state index contributed by atoms with van der Waals surface area (Å²) in [6.07, 6.45) is 6.14. The first-order valence-electron chi connectivity index (χ1n) is 6.00. The average molecular weight is 211 g/mol. The van der Waals surface area contributed by atoms with Crippen molar-refractivity contribution in [2.75, 3.05) is 33.7 Å². The van der Waals surface area contributed by atoms with E-state index in [1.165, 1.54) is 25.7 Å². The normalized spacial score (nSPS) is 10.1. The van der Waals surface area contributed by atoms with Crippen molar-refractivity contribution < 1.29 is 0 Å². The molecule has 0 amide bonds. The SMILES string of the molecule is CCCCCCN=C=NCCCN(C)C. The van der Waals surface area contributed by atoms with E-state index in [4.69, 9.17) is 0 Å². The Balaban J connectivity index is 3.23. The highest BCUT2D eigenvalue weighted by atomic mass is 15.0. The minimum absolute atomic E-state index is 0.844.